The fourth-order valence-corrected chi connectivity index (χ4v) is 1.76. The molecule has 0 radical (unpaired) electrons. The smallest absolute Gasteiger partial charge is 0.133 e. The highest BCUT2D eigenvalue weighted by Crippen LogP contribution is 2.17. The maximum absolute atomic E-state index is 11.3. The molecule has 0 aromatic heterocycles. The highest BCUT2D eigenvalue weighted by atomic mass is 16.1. The van der Waals surface area contributed by atoms with E-state index >= 15 is 0 Å². The number of rotatable bonds is 5. The zero-order chi connectivity index (χ0) is 12.0. The van der Waals surface area contributed by atoms with Crippen molar-refractivity contribution in [1.82, 2.24) is 0 Å². The molecular formula is C15H20O. The SMILES string of the molecule is CCC(C/C=C(\C)c1ccccc1)C(C)=O. The molecule has 1 nitrogen and oxygen atoms in total. The van der Waals surface area contributed by atoms with Crippen LogP contribution in [0.4, 0.5) is 0 Å². The van der Waals surface area contributed by atoms with E-state index in [0.29, 0.717) is 5.78 Å². The third-order valence-corrected chi connectivity index (χ3v) is 3.01. The van der Waals surface area contributed by atoms with Crippen LogP contribution in [0.5, 0.6) is 0 Å². The summed E-state index contributed by atoms with van der Waals surface area (Å²) >= 11 is 0. The van der Waals surface area contributed by atoms with Crippen LogP contribution in [0.1, 0.15) is 39.2 Å². The summed E-state index contributed by atoms with van der Waals surface area (Å²) in [6.45, 7) is 5.85. The molecule has 16 heavy (non-hydrogen) atoms. The van der Waals surface area contributed by atoms with E-state index in [4.69, 9.17) is 0 Å². The van der Waals surface area contributed by atoms with Gasteiger partial charge in [0.1, 0.15) is 5.78 Å². The summed E-state index contributed by atoms with van der Waals surface area (Å²) in [4.78, 5) is 11.3. The summed E-state index contributed by atoms with van der Waals surface area (Å²) in [5.74, 6) is 0.471. The Kier molecular flexibility index (Phi) is 4.97. The Hall–Kier alpha value is -1.37. The van der Waals surface area contributed by atoms with Gasteiger partial charge in [0.05, 0.1) is 0 Å². The second kappa shape index (κ2) is 6.26. The first kappa shape index (κ1) is 12.7. The lowest BCUT2D eigenvalue weighted by Crippen LogP contribution is -2.08. The average Bonchev–Trinajstić information content (AvgIpc) is 2.30. The third kappa shape index (κ3) is 3.65. The van der Waals surface area contributed by atoms with E-state index in [9.17, 15) is 4.79 Å². The van der Waals surface area contributed by atoms with Crippen LogP contribution in [-0.2, 0) is 4.79 Å². The van der Waals surface area contributed by atoms with Crippen LogP contribution >= 0.6 is 0 Å². The fraction of sp³-hybridized carbons (Fsp3) is 0.400. The molecule has 0 heterocycles. The van der Waals surface area contributed by atoms with Crippen molar-refractivity contribution in [2.75, 3.05) is 0 Å². The minimum atomic E-state index is 0.179. The molecular weight excluding hydrogens is 196 g/mol. The van der Waals surface area contributed by atoms with Gasteiger partial charge in [-0.3, -0.25) is 4.79 Å². The van der Waals surface area contributed by atoms with Gasteiger partial charge in [-0.15, -0.1) is 0 Å². The normalized spacial score (nSPS) is 13.6. The lowest BCUT2D eigenvalue weighted by Gasteiger charge is -2.08. The summed E-state index contributed by atoms with van der Waals surface area (Å²) in [5, 5.41) is 0. The largest absolute Gasteiger partial charge is 0.300 e. The van der Waals surface area contributed by atoms with E-state index in [1.807, 2.05) is 18.2 Å². The number of hydrogen-bond acceptors (Lipinski definition) is 1. The molecule has 1 aromatic carbocycles. The van der Waals surface area contributed by atoms with Gasteiger partial charge < -0.3 is 0 Å². The standard InChI is InChI=1S/C15H20O/c1-4-14(13(3)16)11-10-12(2)15-8-6-5-7-9-15/h5-10,14H,4,11H2,1-3H3/b12-10+. The molecule has 1 atom stereocenters. The molecule has 0 aliphatic heterocycles. The monoisotopic (exact) mass is 216 g/mol. The number of carbonyl (C=O) groups excluding carboxylic acids is 1. The van der Waals surface area contributed by atoms with E-state index in [1.165, 1.54) is 11.1 Å². The van der Waals surface area contributed by atoms with Crippen LogP contribution in [0.3, 0.4) is 0 Å². The number of benzene rings is 1. The molecule has 0 saturated carbocycles. The molecule has 1 rings (SSSR count). The van der Waals surface area contributed by atoms with Gasteiger partial charge in [0.2, 0.25) is 0 Å². The number of carbonyl (C=O) groups is 1. The van der Waals surface area contributed by atoms with Crippen LogP contribution in [0.15, 0.2) is 36.4 Å². The Morgan fingerprint density at radius 3 is 2.38 bits per heavy atom. The van der Waals surface area contributed by atoms with Gasteiger partial charge in [0, 0.05) is 5.92 Å². The van der Waals surface area contributed by atoms with E-state index < -0.39 is 0 Å². The van der Waals surface area contributed by atoms with Gasteiger partial charge in [-0.05, 0) is 37.8 Å². The van der Waals surface area contributed by atoms with Crippen molar-refractivity contribution in [2.45, 2.75) is 33.6 Å². The van der Waals surface area contributed by atoms with Gasteiger partial charge >= 0.3 is 0 Å². The Morgan fingerprint density at radius 1 is 1.25 bits per heavy atom. The van der Waals surface area contributed by atoms with Crippen molar-refractivity contribution in [3.63, 3.8) is 0 Å². The predicted octanol–water partition coefficient (Wildman–Crippen LogP) is 4.10. The van der Waals surface area contributed by atoms with Crippen LogP contribution in [0, 0.1) is 5.92 Å². The fourth-order valence-electron chi connectivity index (χ4n) is 1.76. The van der Waals surface area contributed by atoms with Crippen molar-refractivity contribution in [2.24, 2.45) is 5.92 Å². The Balaban J connectivity index is 2.67. The van der Waals surface area contributed by atoms with Gasteiger partial charge in [0.25, 0.3) is 0 Å². The zero-order valence-corrected chi connectivity index (χ0v) is 10.4. The number of allylic oxidation sites excluding steroid dienone is 2. The van der Waals surface area contributed by atoms with E-state index in [0.717, 1.165) is 12.8 Å². The van der Waals surface area contributed by atoms with Crippen LogP contribution in [-0.4, -0.2) is 5.78 Å². The number of Topliss-reactive ketones (excluding diaryl/α,β-unsaturated/α-hetero) is 1. The van der Waals surface area contributed by atoms with Crippen molar-refractivity contribution in [3.8, 4) is 0 Å². The molecule has 86 valence electrons. The molecule has 1 heteroatoms. The Morgan fingerprint density at radius 2 is 1.88 bits per heavy atom. The summed E-state index contributed by atoms with van der Waals surface area (Å²) in [6.07, 6.45) is 3.95. The highest BCUT2D eigenvalue weighted by molar-refractivity contribution is 5.78. The van der Waals surface area contributed by atoms with E-state index in [2.05, 4.69) is 32.1 Å². The van der Waals surface area contributed by atoms with Gasteiger partial charge in [0.15, 0.2) is 0 Å². The minimum Gasteiger partial charge on any atom is -0.300 e. The quantitative estimate of drug-likeness (QED) is 0.724. The molecule has 0 bridgehead atoms. The Bertz CT molecular complexity index is 362. The summed E-state index contributed by atoms with van der Waals surface area (Å²) in [5.41, 5.74) is 2.49. The van der Waals surface area contributed by atoms with Crippen molar-refractivity contribution in [3.05, 3.63) is 42.0 Å². The van der Waals surface area contributed by atoms with Gasteiger partial charge in [-0.25, -0.2) is 0 Å². The van der Waals surface area contributed by atoms with E-state index in [-0.39, 0.29) is 5.92 Å². The van der Waals surface area contributed by atoms with Crippen molar-refractivity contribution in [1.29, 1.82) is 0 Å². The molecule has 1 unspecified atom stereocenters. The third-order valence-electron chi connectivity index (χ3n) is 3.01. The predicted molar refractivity (Wildman–Crippen MR) is 69.2 cm³/mol. The van der Waals surface area contributed by atoms with Gasteiger partial charge in [-0.1, -0.05) is 43.3 Å². The zero-order valence-electron chi connectivity index (χ0n) is 10.4. The molecule has 0 amide bonds. The molecule has 0 aliphatic carbocycles. The first-order valence-corrected chi connectivity index (χ1v) is 5.87. The van der Waals surface area contributed by atoms with Gasteiger partial charge in [-0.2, -0.15) is 0 Å². The highest BCUT2D eigenvalue weighted by Gasteiger charge is 2.09. The minimum absolute atomic E-state index is 0.179. The van der Waals surface area contributed by atoms with Crippen molar-refractivity contribution >= 4 is 11.4 Å². The first-order valence-electron chi connectivity index (χ1n) is 5.87. The van der Waals surface area contributed by atoms with Crippen LogP contribution in [0.25, 0.3) is 5.57 Å². The topological polar surface area (TPSA) is 17.1 Å². The second-order valence-electron chi connectivity index (χ2n) is 4.20. The first-order chi connectivity index (χ1) is 7.65. The molecule has 0 aliphatic rings. The maximum Gasteiger partial charge on any atom is 0.133 e. The number of ketones is 1. The second-order valence-corrected chi connectivity index (χ2v) is 4.20. The van der Waals surface area contributed by atoms with Crippen LogP contribution in [0.2, 0.25) is 0 Å². The molecule has 0 N–H and O–H groups in total. The molecule has 0 spiro atoms. The summed E-state index contributed by atoms with van der Waals surface area (Å²) < 4.78 is 0. The summed E-state index contributed by atoms with van der Waals surface area (Å²) in [6, 6.07) is 10.3. The lowest BCUT2D eigenvalue weighted by molar-refractivity contribution is -0.120. The van der Waals surface area contributed by atoms with Crippen molar-refractivity contribution < 1.29 is 4.79 Å². The summed E-state index contributed by atoms with van der Waals surface area (Å²) in [7, 11) is 0. The average molecular weight is 216 g/mol. The molecule has 0 fully saturated rings. The Labute approximate surface area is 98.2 Å². The number of hydrogen-bond donors (Lipinski definition) is 0. The molecule has 0 saturated heterocycles. The lowest BCUT2D eigenvalue weighted by atomic mass is 9.96. The van der Waals surface area contributed by atoms with E-state index in [1.54, 1.807) is 6.92 Å². The van der Waals surface area contributed by atoms with Crippen LogP contribution < -0.4 is 0 Å². The molecule has 1 aromatic rings. The maximum atomic E-state index is 11.3.